The Morgan fingerprint density at radius 2 is 2.03 bits per heavy atom. The number of hydrogen-bond donors (Lipinski definition) is 1. The Morgan fingerprint density at radius 3 is 2.76 bits per heavy atom. The highest BCUT2D eigenvalue weighted by atomic mass is 32.2. The highest BCUT2D eigenvalue weighted by Crippen LogP contribution is 2.31. The molecule has 0 aliphatic carbocycles. The van der Waals surface area contributed by atoms with Crippen LogP contribution in [-0.4, -0.2) is 48.3 Å². The maximum absolute atomic E-state index is 13.1. The van der Waals surface area contributed by atoms with Gasteiger partial charge in [-0.15, -0.1) is 11.3 Å². The molecule has 0 unspecified atom stereocenters. The van der Waals surface area contributed by atoms with Crippen molar-refractivity contribution in [1.29, 1.82) is 0 Å². The van der Waals surface area contributed by atoms with Gasteiger partial charge in [0, 0.05) is 36.4 Å². The van der Waals surface area contributed by atoms with Gasteiger partial charge in [0.25, 0.3) is 0 Å². The topological polar surface area (TPSA) is 101 Å². The van der Waals surface area contributed by atoms with Gasteiger partial charge < -0.3 is 10.1 Å². The van der Waals surface area contributed by atoms with E-state index in [1.54, 1.807) is 18.5 Å². The molecule has 3 aromatic rings. The van der Waals surface area contributed by atoms with Crippen LogP contribution in [0.15, 0.2) is 53.0 Å². The minimum atomic E-state index is -3.63. The lowest BCUT2D eigenvalue weighted by atomic mass is 10.2. The van der Waals surface area contributed by atoms with Crippen molar-refractivity contribution in [3.8, 4) is 16.3 Å². The lowest BCUT2D eigenvalue weighted by Gasteiger charge is -2.26. The second kappa shape index (κ2) is 10.4. The van der Waals surface area contributed by atoms with Crippen molar-refractivity contribution in [3.05, 3.63) is 53.8 Å². The Kier molecular flexibility index (Phi) is 7.36. The largest absolute Gasteiger partial charge is 0.492 e. The zero-order valence-corrected chi connectivity index (χ0v) is 20.0. The summed E-state index contributed by atoms with van der Waals surface area (Å²) in [5, 5.41) is 5.44. The summed E-state index contributed by atoms with van der Waals surface area (Å²) in [5.74, 6) is 0.129. The summed E-state index contributed by atoms with van der Waals surface area (Å²) in [6.45, 7) is 3.25. The van der Waals surface area contributed by atoms with Gasteiger partial charge in [0.15, 0.2) is 0 Å². The zero-order chi connectivity index (χ0) is 23.3. The van der Waals surface area contributed by atoms with Crippen molar-refractivity contribution in [2.24, 2.45) is 0 Å². The molecule has 1 saturated heterocycles. The first-order valence-corrected chi connectivity index (χ1v) is 13.2. The van der Waals surface area contributed by atoms with Gasteiger partial charge in [-0.05, 0) is 50.1 Å². The second-order valence-corrected chi connectivity index (χ2v) is 10.5. The van der Waals surface area contributed by atoms with Gasteiger partial charge in [-0.25, -0.2) is 13.4 Å². The Hall–Kier alpha value is -2.82. The van der Waals surface area contributed by atoms with E-state index in [2.05, 4.69) is 15.3 Å². The first-order chi connectivity index (χ1) is 16.0. The molecule has 1 aliphatic heterocycles. The summed E-state index contributed by atoms with van der Waals surface area (Å²) in [6.07, 6.45) is 6.23. The van der Waals surface area contributed by atoms with Crippen molar-refractivity contribution in [2.45, 2.75) is 37.5 Å². The third kappa shape index (κ3) is 5.58. The van der Waals surface area contributed by atoms with E-state index < -0.39 is 10.0 Å². The minimum Gasteiger partial charge on any atom is -0.492 e. The van der Waals surface area contributed by atoms with Crippen LogP contribution in [0.4, 0.5) is 5.69 Å². The quantitative estimate of drug-likeness (QED) is 0.517. The smallest absolute Gasteiger partial charge is 0.243 e. The molecular weight excluding hydrogens is 460 g/mol. The third-order valence-electron chi connectivity index (χ3n) is 5.28. The molecular formula is C23H26N4O4S2. The SMILES string of the molecule is CCOc1ccc(S(=O)(=O)N2CCCCC2)cc1NC(=O)Cc1csc(-c2cccnc2)n1. The predicted octanol–water partition coefficient (Wildman–Crippen LogP) is 3.96. The van der Waals surface area contributed by atoms with Crippen LogP contribution >= 0.6 is 11.3 Å². The van der Waals surface area contributed by atoms with E-state index in [-0.39, 0.29) is 17.2 Å². The number of aromatic nitrogens is 2. The van der Waals surface area contributed by atoms with Gasteiger partial charge in [-0.2, -0.15) is 4.31 Å². The highest BCUT2D eigenvalue weighted by molar-refractivity contribution is 7.89. The van der Waals surface area contributed by atoms with Crippen LogP contribution in [0.5, 0.6) is 5.75 Å². The molecule has 0 atom stereocenters. The van der Waals surface area contributed by atoms with Crippen molar-refractivity contribution >= 4 is 33.0 Å². The Bertz CT molecular complexity index is 1210. The monoisotopic (exact) mass is 486 g/mol. The molecule has 0 spiro atoms. The molecule has 8 nitrogen and oxygen atoms in total. The molecule has 2 aromatic heterocycles. The first-order valence-electron chi connectivity index (χ1n) is 10.9. The van der Waals surface area contributed by atoms with Crippen molar-refractivity contribution < 1.29 is 17.9 Å². The molecule has 3 heterocycles. The number of thiazole rings is 1. The van der Waals surface area contributed by atoms with E-state index in [0.29, 0.717) is 36.8 Å². The third-order valence-corrected chi connectivity index (χ3v) is 8.11. The summed E-state index contributed by atoms with van der Waals surface area (Å²) in [4.78, 5) is 21.5. The van der Waals surface area contributed by atoms with Crippen LogP contribution in [0, 0.1) is 0 Å². The van der Waals surface area contributed by atoms with Gasteiger partial charge in [-0.1, -0.05) is 6.42 Å². The van der Waals surface area contributed by atoms with Crippen LogP contribution in [0.2, 0.25) is 0 Å². The fourth-order valence-corrected chi connectivity index (χ4v) is 6.03. The number of ether oxygens (including phenoxy) is 1. The van der Waals surface area contributed by atoms with E-state index >= 15 is 0 Å². The van der Waals surface area contributed by atoms with Gasteiger partial charge in [0.1, 0.15) is 10.8 Å². The molecule has 33 heavy (non-hydrogen) atoms. The lowest BCUT2D eigenvalue weighted by molar-refractivity contribution is -0.115. The number of benzene rings is 1. The van der Waals surface area contributed by atoms with Crippen LogP contribution in [0.1, 0.15) is 31.9 Å². The number of pyridine rings is 1. The fourth-order valence-electron chi connectivity index (χ4n) is 3.67. The van der Waals surface area contributed by atoms with Crippen molar-refractivity contribution in [1.82, 2.24) is 14.3 Å². The number of anilines is 1. The summed E-state index contributed by atoms with van der Waals surface area (Å²) < 4.78 is 33.3. The number of hydrogen-bond acceptors (Lipinski definition) is 7. The predicted molar refractivity (Wildman–Crippen MR) is 128 cm³/mol. The van der Waals surface area contributed by atoms with E-state index in [1.165, 1.54) is 27.8 Å². The standard InChI is InChI=1S/C23H26N4O4S2/c1-2-31-21-9-8-19(33(29,30)27-11-4-3-5-12-27)14-20(21)26-22(28)13-18-16-32-23(25-18)17-7-6-10-24-15-17/h6-10,14-16H,2-5,11-13H2,1H3,(H,26,28). The van der Waals surface area contributed by atoms with Gasteiger partial charge in [-0.3, -0.25) is 9.78 Å². The molecule has 174 valence electrons. The Balaban J connectivity index is 1.52. The average Bonchev–Trinajstić information content (AvgIpc) is 3.29. The number of piperidine rings is 1. The minimum absolute atomic E-state index is 0.0609. The molecule has 1 amide bonds. The summed E-state index contributed by atoms with van der Waals surface area (Å²) >= 11 is 1.44. The number of carbonyl (C=O) groups excluding carboxylic acids is 1. The van der Waals surface area contributed by atoms with Crippen molar-refractivity contribution in [3.63, 3.8) is 0 Å². The molecule has 1 N–H and O–H groups in total. The lowest BCUT2D eigenvalue weighted by Crippen LogP contribution is -2.35. The molecule has 4 rings (SSSR count). The number of nitrogens with one attached hydrogen (secondary N) is 1. The molecule has 1 fully saturated rings. The number of nitrogens with zero attached hydrogens (tertiary/aromatic N) is 3. The average molecular weight is 487 g/mol. The first kappa shape index (κ1) is 23.3. The molecule has 0 radical (unpaired) electrons. The highest BCUT2D eigenvalue weighted by Gasteiger charge is 2.27. The van der Waals surface area contributed by atoms with Crippen molar-refractivity contribution in [2.75, 3.05) is 25.0 Å². The number of sulfonamides is 1. The second-order valence-electron chi connectivity index (χ2n) is 7.67. The van der Waals surface area contributed by atoms with Crippen LogP contribution in [-0.2, 0) is 21.2 Å². The van der Waals surface area contributed by atoms with Crippen LogP contribution in [0.25, 0.3) is 10.6 Å². The fraction of sp³-hybridized carbons (Fsp3) is 0.348. The van der Waals surface area contributed by atoms with E-state index in [1.807, 2.05) is 24.4 Å². The van der Waals surface area contributed by atoms with E-state index in [4.69, 9.17) is 4.74 Å². The Morgan fingerprint density at radius 1 is 1.21 bits per heavy atom. The van der Waals surface area contributed by atoms with Gasteiger partial charge in [0.2, 0.25) is 15.9 Å². The Labute approximate surface area is 197 Å². The van der Waals surface area contributed by atoms with Crippen LogP contribution in [0.3, 0.4) is 0 Å². The molecule has 10 heteroatoms. The number of amides is 1. The summed E-state index contributed by atoms with van der Waals surface area (Å²) in [7, 11) is -3.63. The van der Waals surface area contributed by atoms with E-state index in [0.717, 1.165) is 29.8 Å². The van der Waals surface area contributed by atoms with Gasteiger partial charge >= 0.3 is 0 Å². The maximum atomic E-state index is 13.1. The normalized spacial score (nSPS) is 14.7. The zero-order valence-electron chi connectivity index (χ0n) is 18.4. The maximum Gasteiger partial charge on any atom is 0.243 e. The molecule has 1 aromatic carbocycles. The summed E-state index contributed by atoms with van der Waals surface area (Å²) in [6, 6.07) is 8.36. The van der Waals surface area contributed by atoms with E-state index in [9.17, 15) is 13.2 Å². The molecule has 0 saturated carbocycles. The summed E-state index contributed by atoms with van der Waals surface area (Å²) in [5.41, 5.74) is 1.86. The number of rotatable bonds is 8. The molecule has 0 bridgehead atoms. The molecule has 1 aliphatic rings. The van der Waals surface area contributed by atoms with Crippen LogP contribution < -0.4 is 10.1 Å². The number of carbonyl (C=O) groups is 1. The van der Waals surface area contributed by atoms with Gasteiger partial charge in [0.05, 0.1) is 29.3 Å².